The van der Waals surface area contributed by atoms with Crippen LogP contribution in [0.25, 0.3) is 11.0 Å². The van der Waals surface area contributed by atoms with E-state index in [1.807, 2.05) is 18.2 Å². The molecule has 1 aromatic carbocycles. The molecular weight excluding hydrogens is 545 g/mol. The van der Waals surface area contributed by atoms with Gasteiger partial charge in [-0.3, -0.25) is 4.57 Å². The molecule has 0 radical (unpaired) electrons. The molecule has 7 N–H and O–H groups in total. The van der Waals surface area contributed by atoms with Crippen LogP contribution < -0.4 is 5.32 Å². The number of rotatable bonds is 9. The normalized spacial score (nSPS) is 25.7. The number of hydrogen-bond acceptors (Lipinski definition) is 11. The molecule has 3 heterocycles. The van der Waals surface area contributed by atoms with Crippen molar-refractivity contribution in [3.05, 3.63) is 46.9 Å². The first-order valence-electron chi connectivity index (χ1n) is 11.8. The highest BCUT2D eigenvalue weighted by Gasteiger charge is 2.51. The Hall–Kier alpha value is -2.23. The fraction of sp³-hybridized carbons (Fsp3) is 0.500. The Balaban J connectivity index is 1.39. The van der Waals surface area contributed by atoms with Crippen LogP contribution in [-0.4, -0.2) is 93.4 Å². The van der Waals surface area contributed by atoms with Crippen molar-refractivity contribution >= 4 is 36.0 Å². The molecule has 1 saturated heterocycles. The van der Waals surface area contributed by atoms with Crippen LogP contribution in [0.15, 0.2) is 30.5 Å². The van der Waals surface area contributed by atoms with E-state index in [0.29, 0.717) is 11.2 Å². The van der Waals surface area contributed by atoms with Gasteiger partial charge in [-0.1, -0.05) is 24.3 Å². The molecule has 38 heavy (non-hydrogen) atoms. The van der Waals surface area contributed by atoms with Gasteiger partial charge in [0.25, 0.3) is 0 Å². The number of aromatic nitrogens is 4. The molecule has 1 unspecified atom stereocenters. The van der Waals surface area contributed by atoms with E-state index < -0.39 is 57.3 Å². The second-order valence-corrected chi connectivity index (χ2v) is 11.5. The van der Waals surface area contributed by atoms with E-state index in [1.165, 1.54) is 16.4 Å². The lowest BCUT2D eigenvalue weighted by molar-refractivity contribution is -0.121. The molecule has 3 aromatic rings. The van der Waals surface area contributed by atoms with Crippen LogP contribution in [0.2, 0.25) is 5.28 Å². The number of hydrogen-bond donors (Lipinski definition) is 7. The first-order valence-corrected chi connectivity index (χ1v) is 13.8. The quantitative estimate of drug-likeness (QED) is 0.134. The SMILES string of the molecule is O=P(O)(O)C(CO)(CO)OC[C@H]1O[C@@H](n2ncc3c(NC4CCc5ccccc54)nc(Cl)nc32)[C@H](O)[C@@H]1O. The van der Waals surface area contributed by atoms with E-state index in [2.05, 4.69) is 26.4 Å². The summed E-state index contributed by atoms with van der Waals surface area (Å²) in [7, 11) is -5.12. The van der Waals surface area contributed by atoms with E-state index in [-0.39, 0.29) is 17.0 Å². The van der Waals surface area contributed by atoms with E-state index in [4.69, 9.17) is 21.1 Å². The predicted molar refractivity (Wildman–Crippen MR) is 132 cm³/mol. The highest BCUT2D eigenvalue weighted by atomic mass is 35.5. The maximum Gasteiger partial charge on any atom is 0.361 e. The standard InChI is InChI=1S/C22H27ClN5O9P/c23-21-26-18(25-14-6-5-11-3-1-2-4-12(11)14)13-7-24-28(19(13)27-21)20-17(32)16(31)15(37-20)8-36-22(9-29,10-30)38(33,34)35/h1-4,7,14-17,20,29-32H,5-6,8-10H2,(H,25,26,27)(H2,33,34,35)/t14?,15-,16-,17-,20-/m1/s1. The van der Waals surface area contributed by atoms with Crippen LogP contribution in [0.3, 0.4) is 0 Å². The summed E-state index contributed by atoms with van der Waals surface area (Å²) in [5.74, 6) is 0.429. The zero-order valence-corrected chi connectivity index (χ0v) is 21.5. The Labute approximate surface area is 221 Å². The summed E-state index contributed by atoms with van der Waals surface area (Å²) in [5.41, 5.74) is 2.61. The van der Waals surface area contributed by atoms with Gasteiger partial charge in [0, 0.05) is 0 Å². The van der Waals surface area contributed by atoms with Crippen molar-refractivity contribution in [2.45, 2.75) is 48.8 Å². The average Bonchev–Trinajstić information content (AvgIpc) is 3.56. The minimum Gasteiger partial charge on any atom is -0.393 e. The van der Waals surface area contributed by atoms with Crippen molar-refractivity contribution in [3.63, 3.8) is 0 Å². The molecule has 0 spiro atoms. The maximum absolute atomic E-state index is 11.8. The van der Waals surface area contributed by atoms with Crippen molar-refractivity contribution in [2.24, 2.45) is 0 Å². The topological polar surface area (TPSA) is 213 Å². The highest BCUT2D eigenvalue weighted by Crippen LogP contribution is 2.51. The summed E-state index contributed by atoms with van der Waals surface area (Å²) in [4.78, 5) is 27.6. The summed E-state index contributed by atoms with van der Waals surface area (Å²) in [6, 6.07) is 8.07. The molecule has 14 nitrogen and oxygen atoms in total. The lowest BCUT2D eigenvalue weighted by atomic mass is 10.1. The molecule has 5 atom stereocenters. The number of ether oxygens (including phenoxy) is 2. The molecule has 0 saturated carbocycles. The van der Waals surface area contributed by atoms with Crippen LogP contribution >= 0.6 is 19.2 Å². The monoisotopic (exact) mass is 571 g/mol. The first-order chi connectivity index (χ1) is 18.1. The van der Waals surface area contributed by atoms with Gasteiger partial charge in [-0.25, -0.2) is 4.68 Å². The number of anilines is 1. The van der Waals surface area contributed by atoms with Crippen LogP contribution in [0, 0.1) is 0 Å². The van der Waals surface area contributed by atoms with E-state index in [1.54, 1.807) is 0 Å². The number of benzene rings is 1. The number of aliphatic hydroxyl groups is 4. The summed E-state index contributed by atoms with van der Waals surface area (Å²) < 4.78 is 23.9. The minimum absolute atomic E-state index is 0.00673. The van der Waals surface area contributed by atoms with Crippen LogP contribution in [0.4, 0.5) is 5.82 Å². The van der Waals surface area contributed by atoms with Crippen LogP contribution in [-0.2, 0) is 20.5 Å². The minimum atomic E-state index is -5.12. The third kappa shape index (κ3) is 4.71. The van der Waals surface area contributed by atoms with Crippen molar-refractivity contribution in [1.29, 1.82) is 0 Å². The summed E-state index contributed by atoms with van der Waals surface area (Å²) in [6.07, 6.45) is -2.42. The van der Waals surface area contributed by atoms with Crippen molar-refractivity contribution < 1.29 is 44.3 Å². The third-order valence-electron chi connectivity index (χ3n) is 6.99. The second-order valence-electron chi connectivity index (χ2n) is 9.27. The zero-order valence-electron chi connectivity index (χ0n) is 19.8. The molecule has 206 valence electrons. The Morgan fingerprint density at radius 3 is 2.63 bits per heavy atom. The number of aliphatic hydroxyl groups excluding tert-OH is 4. The van der Waals surface area contributed by atoms with Crippen LogP contribution in [0.1, 0.15) is 29.8 Å². The molecule has 0 bridgehead atoms. The Bertz CT molecular complexity index is 1370. The molecule has 16 heteroatoms. The Kier molecular flexibility index (Phi) is 7.48. The van der Waals surface area contributed by atoms with Gasteiger partial charge in [0.05, 0.1) is 37.4 Å². The van der Waals surface area contributed by atoms with Crippen molar-refractivity contribution in [3.8, 4) is 0 Å². The number of nitrogens with one attached hydrogen (secondary N) is 1. The fourth-order valence-corrected chi connectivity index (χ4v) is 5.56. The first kappa shape index (κ1) is 27.3. The van der Waals surface area contributed by atoms with E-state index in [0.717, 1.165) is 18.4 Å². The van der Waals surface area contributed by atoms with Gasteiger partial charge in [-0.2, -0.15) is 15.1 Å². The third-order valence-corrected chi connectivity index (χ3v) is 8.63. The molecule has 2 aliphatic rings. The molecule has 1 fully saturated rings. The number of fused-ring (bicyclic) bond motifs is 2. The molecule has 1 aliphatic heterocycles. The maximum atomic E-state index is 11.8. The number of nitrogens with zero attached hydrogens (tertiary/aromatic N) is 4. The summed E-state index contributed by atoms with van der Waals surface area (Å²) in [6.45, 7) is -3.05. The Morgan fingerprint density at radius 1 is 1.18 bits per heavy atom. The van der Waals surface area contributed by atoms with Gasteiger partial charge in [0.1, 0.15) is 24.1 Å². The van der Waals surface area contributed by atoms with Gasteiger partial charge in [0.15, 0.2) is 11.9 Å². The number of aryl methyl sites for hydroxylation is 1. The van der Waals surface area contributed by atoms with Gasteiger partial charge in [-0.15, -0.1) is 0 Å². The molecular formula is C22H27ClN5O9P. The second kappa shape index (κ2) is 10.4. The lowest BCUT2D eigenvalue weighted by Crippen LogP contribution is -2.44. The van der Waals surface area contributed by atoms with Gasteiger partial charge < -0.3 is 45.0 Å². The predicted octanol–water partition coefficient (Wildman–Crippen LogP) is 0.0735. The largest absolute Gasteiger partial charge is 0.393 e. The fourth-order valence-electron chi connectivity index (χ4n) is 4.78. The molecule has 5 rings (SSSR count). The summed E-state index contributed by atoms with van der Waals surface area (Å²) >= 11 is 6.22. The highest BCUT2D eigenvalue weighted by molar-refractivity contribution is 7.53. The number of halogens is 1. The van der Waals surface area contributed by atoms with Gasteiger partial charge in [0.2, 0.25) is 10.6 Å². The van der Waals surface area contributed by atoms with Crippen molar-refractivity contribution in [2.75, 3.05) is 25.1 Å². The van der Waals surface area contributed by atoms with Crippen molar-refractivity contribution in [1.82, 2.24) is 19.7 Å². The van der Waals surface area contributed by atoms with Gasteiger partial charge >= 0.3 is 7.60 Å². The average molecular weight is 572 g/mol. The smallest absolute Gasteiger partial charge is 0.361 e. The molecule has 2 aromatic heterocycles. The van der Waals surface area contributed by atoms with E-state index >= 15 is 0 Å². The lowest BCUT2D eigenvalue weighted by Gasteiger charge is -2.31. The zero-order chi connectivity index (χ0) is 27.2. The summed E-state index contributed by atoms with van der Waals surface area (Å²) in [5, 5.41) is 45.6. The van der Waals surface area contributed by atoms with Gasteiger partial charge in [-0.05, 0) is 35.6 Å². The molecule has 0 amide bonds. The van der Waals surface area contributed by atoms with Crippen LogP contribution in [0.5, 0.6) is 0 Å². The Morgan fingerprint density at radius 2 is 1.92 bits per heavy atom. The van der Waals surface area contributed by atoms with E-state index in [9.17, 15) is 34.8 Å². The molecule has 1 aliphatic carbocycles.